The minimum Gasteiger partial charge on any atom is -0.480 e. The molecule has 23 heavy (non-hydrogen) atoms. The summed E-state index contributed by atoms with van der Waals surface area (Å²) in [5.74, 6) is -1.95. The molecular formula is C15H12BrN3O4. The fourth-order valence-corrected chi connectivity index (χ4v) is 2.07. The number of anilines is 1. The third kappa shape index (κ3) is 4.89. The van der Waals surface area contributed by atoms with Crippen LogP contribution in [0.4, 0.5) is 5.69 Å². The van der Waals surface area contributed by atoms with Crippen molar-refractivity contribution >= 4 is 39.4 Å². The number of aromatic nitrogens is 1. The highest BCUT2D eigenvalue weighted by atomic mass is 79.9. The Hall–Kier alpha value is -2.74. The molecule has 118 valence electrons. The number of hydrogen-bond acceptors (Lipinski definition) is 4. The van der Waals surface area contributed by atoms with Crippen molar-refractivity contribution in [2.45, 2.75) is 0 Å². The monoisotopic (exact) mass is 377 g/mol. The van der Waals surface area contributed by atoms with Crippen LogP contribution in [-0.2, 0) is 4.79 Å². The number of halogens is 1. The zero-order valence-electron chi connectivity index (χ0n) is 11.7. The zero-order valence-corrected chi connectivity index (χ0v) is 13.3. The first-order valence-corrected chi connectivity index (χ1v) is 7.27. The second-order valence-electron chi connectivity index (χ2n) is 4.50. The molecule has 0 saturated carbocycles. The van der Waals surface area contributed by atoms with E-state index in [1.807, 2.05) is 0 Å². The number of carboxylic acids is 1. The number of carbonyl (C=O) groups is 3. The maximum absolute atomic E-state index is 12.0. The van der Waals surface area contributed by atoms with E-state index in [2.05, 4.69) is 31.5 Å². The summed E-state index contributed by atoms with van der Waals surface area (Å²) in [4.78, 5) is 38.0. The van der Waals surface area contributed by atoms with Crippen LogP contribution in [0.5, 0.6) is 0 Å². The SMILES string of the molecule is O=C(O)CNC(=O)c1ccc(NC(=O)c2cncc(Br)c2)cc1. The number of amides is 2. The Balaban J connectivity index is 2.01. The van der Waals surface area contributed by atoms with E-state index in [-0.39, 0.29) is 5.91 Å². The molecule has 0 aliphatic carbocycles. The highest BCUT2D eigenvalue weighted by Gasteiger charge is 2.09. The maximum atomic E-state index is 12.0. The van der Waals surface area contributed by atoms with Crippen LogP contribution in [0, 0.1) is 0 Å². The van der Waals surface area contributed by atoms with E-state index in [0.29, 0.717) is 21.3 Å². The van der Waals surface area contributed by atoms with E-state index in [9.17, 15) is 14.4 Å². The van der Waals surface area contributed by atoms with E-state index < -0.39 is 18.4 Å². The summed E-state index contributed by atoms with van der Waals surface area (Å²) in [5.41, 5.74) is 1.20. The number of carboxylic acid groups (broad SMARTS) is 1. The lowest BCUT2D eigenvalue weighted by atomic mass is 10.2. The fourth-order valence-electron chi connectivity index (χ4n) is 1.70. The number of carbonyl (C=O) groups excluding carboxylic acids is 2. The van der Waals surface area contributed by atoms with E-state index in [4.69, 9.17) is 5.11 Å². The Morgan fingerprint density at radius 1 is 1.04 bits per heavy atom. The number of nitrogens with one attached hydrogen (secondary N) is 2. The molecule has 8 heteroatoms. The average molecular weight is 378 g/mol. The second-order valence-corrected chi connectivity index (χ2v) is 5.42. The third-order valence-electron chi connectivity index (χ3n) is 2.77. The average Bonchev–Trinajstić information content (AvgIpc) is 2.53. The Bertz CT molecular complexity index is 747. The molecule has 3 N–H and O–H groups in total. The molecule has 2 aromatic rings. The largest absolute Gasteiger partial charge is 0.480 e. The first kappa shape index (κ1) is 16.6. The Morgan fingerprint density at radius 3 is 2.35 bits per heavy atom. The molecule has 7 nitrogen and oxygen atoms in total. The van der Waals surface area contributed by atoms with Gasteiger partial charge in [0.25, 0.3) is 11.8 Å². The van der Waals surface area contributed by atoms with Gasteiger partial charge in [0, 0.05) is 28.1 Å². The van der Waals surface area contributed by atoms with Crippen molar-refractivity contribution in [1.82, 2.24) is 10.3 Å². The molecule has 1 aromatic heterocycles. The lowest BCUT2D eigenvalue weighted by molar-refractivity contribution is -0.135. The number of rotatable bonds is 5. The third-order valence-corrected chi connectivity index (χ3v) is 3.21. The first-order valence-electron chi connectivity index (χ1n) is 6.47. The summed E-state index contributed by atoms with van der Waals surface area (Å²) in [7, 11) is 0. The predicted molar refractivity (Wildman–Crippen MR) is 86.3 cm³/mol. The summed E-state index contributed by atoms with van der Waals surface area (Å²) in [6, 6.07) is 7.73. The molecule has 0 aliphatic heterocycles. The van der Waals surface area contributed by atoms with Crippen LogP contribution in [0.25, 0.3) is 0 Å². The predicted octanol–water partition coefficient (Wildman–Crippen LogP) is 1.91. The minimum atomic E-state index is -1.12. The standard InChI is InChI=1S/C15H12BrN3O4/c16-11-5-10(6-17-7-11)15(23)19-12-3-1-9(2-4-12)14(22)18-8-13(20)21/h1-7H,8H2,(H,18,22)(H,19,23)(H,20,21). The van der Waals surface area contributed by atoms with Gasteiger partial charge in [0.05, 0.1) is 5.56 Å². The summed E-state index contributed by atoms with van der Waals surface area (Å²) in [5, 5.41) is 13.4. The first-order chi connectivity index (χ1) is 11.0. The van der Waals surface area contributed by atoms with Crippen LogP contribution in [0.2, 0.25) is 0 Å². The number of benzene rings is 1. The van der Waals surface area contributed by atoms with Crippen LogP contribution in [-0.4, -0.2) is 34.4 Å². The molecule has 1 aromatic carbocycles. The van der Waals surface area contributed by atoms with Crippen LogP contribution in [0.3, 0.4) is 0 Å². The number of nitrogens with zero attached hydrogens (tertiary/aromatic N) is 1. The zero-order chi connectivity index (χ0) is 16.8. The molecule has 0 fully saturated rings. The second kappa shape index (κ2) is 7.50. The normalized spacial score (nSPS) is 9.96. The molecule has 0 radical (unpaired) electrons. The number of pyridine rings is 1. The summed E-state index contributed by atoms with van der Waals surface area (Å²) in [6.45, 7) is -0.451. The summed E-state index contributed by atoms with van der Waals surface area (Å²) < 4.78 is 0.690. The van der Waals surface area contributed by atoms with Crippen LogP contribution in [0.1, 0.15) is 20.7 Å². The quantitative estimate of drug-likeness (QED) is 0.737. The van der Waals surface area contributed by atoms with Gasteiger partial charge in [-0.3, -0.25) is 19.4 Å². The van der Waals surface area contributed by atoms with Crippen LogP contribution in [0.15, 0.2) is 47.2 Å². The molecule has 0 saturated heterocycles. The molecule has 2 rings (SSSR count). The molecule has 0 atom stereocenters. The fraction of sp³-hybridized carbons (Fsp3) is 0.0667. The maximum Gasteiger partial charge on any atom is 0.322 e. The van der Waals surface area contributed by atoms with Crippen molar-refractivity contribution in [2.75, 3.05) is 11.9 Å². The van der Waals surface area contributed by atoms with Crippen molar-refractivity contribution in [3.8, 4) is 0 Å². The molecular weight excluding hydrogens is 366 g/mol. The molecule has 0 bridgehead atoms. The smallest absolute Gasteiger partial charge is 0.322 e. The summed E-state index contributed by atoms with van der Waals surface area (Å²) in [6.07, 6.45) is 3.01. The van der Waals surface area contributed by atoms with Gasteiger partial charge in [0.15, 0.2) is 0 Å². The summed E-state index contributed by atoms with van der Waals surface area (Å²) >= 11 is 3.24. The number of aliphatic carboxylic acids is 1. The lowest BCUT2D eigenvalue weighted by Crippen LogP contribution is -2.29. The molecule has 1 heterocycles. The van der Waals surface area contributed by atoms with Gasteiger partial charge in [0.1, 0.15) is 6.54 Å². The van der Waals surface area contributed by atoms with Crippen molar-refractivity contribution in [3.05, 3.63) is 58.3 Å². The van der Waals surface area contributed by atoms with E-state index >= 15 is 0 Å². The van der Waals surface area contributed by atoms with Gasteiger partial charge in [-0.05, 0) is 46.3 Å². The van der Waals surface area contributed by atoms with Gasteiger partial charge >= 0.3 is 5.97 Å². The molecule has 0 unspecified atom stereocenters. The molecule has 0 spiro atoms. The van der Waals surface area contributed by atoms with Gasteiger partial charge < -0.3 is 15.7 Å². The minimum absolute atomic E-state index is 0.299. The van der Waals surface area contributed by atoms with E-state index in [1.165, 1.54) is 18.3 Å². The van der Waals surface area contributed by atoms with Crippen molar-refractivity contribution in [1.29, 1.82) is 0 Å². The Kier molecular flexibility index (Phi) is 5.42. The van der Waals surface area contributed by atoms with Crippen molar-refractivity contribution in [2.24, 2.45) is 0 Å². The van der Waals surface area contributed by atoms with Gasteiger partial charge in [-0.2, -0.15) is 0 Å². The highest BCUT2D eigenvalue weighted by Crippen LogP contribution is 2.13. The van der Waals surface area contributed by atoms with Gasteiger partial charge in [-0.25, -0.2) is 0 Å². The molecule has 0 aliphatic rings. The Morgan fingerprint density at radius 2 is 1.74 bits per heavy atom. The van der Waals surface area contributed by atoms with Gasteiger partial charge in [-0.1, -0.05) is 0 Å². The van der Waals surface area contributed by atoms with E-state index in [1.54, 1.807) is 24.4 Å². The van der Waals surface area contributed by atoms with Gasteiger partial charge in [0.2, 0.25) is 0 Å². The van der Waals surface area contributed by atoms with E-state index in [0.717, 1.165) is 0 Å². The van der Waals surface area contributed by atoms with Gasteiger partial charge in [-0.15, -0.1) is 0 Å². The highest BCUT2D eigenvalue weighted by molar-refractivity contribution is 9.10. The Labute approximate surface area is 139 Å². The topological polar surface area (TPSA) is 108 Å². The number of hydrogen-bond donors (Lipinski definition) is 3. The lowest BCUT2D eigenvalue weighted by Gasteiger charge is -2.07. The van der Waals surface area contributed by atoms with Crippen molar-refractivity contribution in [3.63, 3.8) is 0 Å². The molecule has 2 amide bonds. The van der Waals surface area contributed by atoms with Crippen LogP contribution >= 0.6 is 15.9 Å². The van der Waals surface area contributed by atoms with Crippen LogP contribution < -0.4 is 10.6 Å². The van der Waals surface area contributed by atoms with Crippen molar-refractivity contribution < 1.29 is 19.5 Å².